The molecule has 2 aromatic heterocycles. The molecule has 3 rings (SSSR count). The van der Waals surface area contributed by atoms with Gasteiger partial charge >= 0.3 is 0 Å². The zero-order valence-electron chi connectivity index (χ0n) is 12.8. The first-order valence-corrected chi connectivity index (χ1v) is 9.59. The van der Waals surface area contributed by atoms with E-state index in [9.17, 15) is 0 Å². The molecular formula is C15H18ClN5S2. The van der Waals surface area contributed by atoms with Crippen LogP contribution in [0.1, 0.15) is 42.2 Å². The van der Waals surface area contributed by atoms with Crippen LogP contribution in [-0.4, -0.2) is 26.8 Å². The first-order valence-electron chi connectivity index (χ1n) is 7.52. The van der Waals surface area contributed by atoms with Gasteiger partial charge in [-0.05, 0) is 44.1 Å². The molecule has 23 heavy (non-hydrogen) atoms. The molecule has 122 valence electrons. The van der Waals surface area contributed by atoms with Gasteiger partial charge in [0.1, 0.15) is 5.01 Å². The number of aromatic nitrogens is 3. The third-order valence-electron chi connectivity index (χ3n) is 3.96. The molecule has 0 radical (unpaired) electrons. The van der Waals surface area contributed by atoms with E-state index in [1.807, 2.05) is 24.9 Å². The van der Waals surface area contributed by atoms with E-state index in [-0.39, 0.29) is 0 Å². The second-order valence-electron chi connectivity index (χ2n) is 5.52. The molecule has 8 heteroatoms. The van der Waals surface area contributed by atoms with Crippen molar-refractivity contribution in [2.45, 2.75) is 48.1 Å². The Balaban J connectivity index is 1.60. The largest absolute Gasteiger partial charge is 0.390 e. The first kappa shape index (κ1) is 16.7. The maximum absolute atomic E-state index is 6.39. The summed E-state index contributed by atoms with van der Waals surface area (Å²) in [5, 5.41) is 10.7. The Bertz CT molecular complexity index is 695. The Morgan fingerprint density at radius 2 is 2.13 bits per heavy atom. The minimum atomic E-state index is 0.471. The summed E-state index contributed by atoms with van der Waals surface area (Å²) >= 11 is 9.92. The predicted molar refractivity (Wildman–Crippen MR) is 97.1 cm³/mol. The van der Waals surface area contributed by atoms with Gasteiger partial charge in [0.05, 0.1) is 6.34 Å². The number of nitrogens with two attached hydrogens (primary N) is 1. The lowest BCUT2D eigenvalue weighted by Crippen LogP contribution is -2.15. The second-order valence-corrected chi connectivity index (χ2v) is 8.66. The number of thioether (sulfide) groups is 1. The fraction of sp³-hybridized carbons (Fsp3) is 0.467. The van der Waals surface area contributed by atoms with E-state index in [1.54, 1.807) is 17.4 Å². The summed E-state index contributed by atoms with van der Waals surface area (Å²) in [6, 6.07) is 1.78. The summed E-state index contributed by atoms with van der Waals surface area (Å²) in [5.74, 6) is 1.02. The van der Waals surface area contributed by atoms with Crippen LogP contribution in [0.25, 0.3) is 0 Å². The Hall–Kier alpha value is -1.18. The summed E-state index contributed by atoms with van der Waals surface area (Å²) in [7, 11) is 0. The molecule has 2 aromatic rings. The summed E-state index contributed by atoms with van der Waals surface area (Å²) in [6.45, 7) is 1.99. The number of nitrogens with zero attached hydrogens (tertiary/aromatic N) is 4. The Labute approximate surface area is 148 Å². The van der Waals surface area contributed by atoms with E-state index in [0.717, 1.165) is 45.6 Å². The summed E-state index contributed by atoms with van der Waals surface area (Å²) < 4.78 is 1.08. The number of hydrogen-bond donors (Lipinski definition) is 1. The van der Waals surface area contributed by atoms with Crippen molar-refractivity contribution < 1.29 is 0 Å². The van der Waals surface area contributed by atoms with Crippen LogP contribution in [0, 0.1) is 6.92 Å². The highest BCUT2D eigenvalue weighted by atomic mass is 35.5. The van der Waals surface area contributed by atoms with E-state index in [2.05, 4.69) is 20.2 Å². The summed E-state index contributed by atoms with van der Waals surface area (Å²) in [6.07, 6.45) is 7.64. The quantitative estimate of drug-likeness (QED) is 0.642. The molecular weight excluding hydrogens is 350 g/mol. The smallest absolute Gasteiger partial charge is 0.174 e. The van der Waals surface area contributed by atoms with Crippen molar-refractivity contribution in [3.63, 3.8) is 0 Å². The lowest BCUT2D eigenvalue weighted by atomic mass is 9.84. The molecule has 1 fully saturated rings. The molecule has 5 nitrogen and oxygen atoms in total. The highest BCUT2D eigenvalue weighted by Crippen LogP contribution is 2.42. The van der Waals surface area contributed by atoms with Crippen molar-refractivity contribution in [3.8, 4) is 0 Å². The van der Waals surface area contributed by atoms with Crippen LogP contribution in [0.15, 0.2) is 21.6 Å². The van der Waals surface area contributed by atoms with Gasteiger partial charge in [0.15, 0.2) is 10.2 Å². The third-order valence-corrected chi connectivity index (χ3v) is 6.55. The molecule has 0 aliphatic heterocycles. The number of aryl methyl sites for hydroxylation is 1. The van der Waals surface area contributed by atoms with Crippen molar-refractivity contribution in [2.24, 2.45) is 10.7 Å². The number of aliphatic imine (C=N–C) groups is 1. The Morgan fingerprint density at radius 1 is 1.35 bits per heavy atom. The maximum Gasteiger partial charge on any atom is 0.174 e. The first-order chi connectivity index (χ1) is 11.2. The minimum absolute atomic E-state index is 0.471. The maximum atomic E-state index is 6.39. The van der Waals surface area contributed by atoms with Gasteiger partial charge in [-0.25, -0.2) is 9.98 Å². The van der Waals surface area contributed by atoms with Gasteiger partial charge in [-0.15, -0.1) is 10.2 Å². The molecule has 0 saturated heterocycles. The molecule has 0 bridgehead atoms. The average molecular weight is 368 g/mol. The second kappa shape index (κ2) is 7.59. The van der Waals surface area contributed by atoms with Gasteiger partial charge in [0, 0.05) is 22.5 Å². The predicted octanol–water partition coefficient (Wildman–Crippen LogP) is 4.33. The number of hydrogen-bond acceptors (Lipinski definition) is 6. The lowest BCUT2D eigenvalue weighted by Gasteiger charge is -2.28. The van der Waals surface area contributed by atoms with E-state index in [4.69, 9.17) is 17.3 Å². The van der Waals surface area contributed by atoms with E-state index in [0.29, 0.717) is 17.0 Å². The molecule has 1 saturated carbocycles. The zero-order valence-corrected chi connectivity index (χ0v) is 15.2. The van der Waals surface area contributed by atoms with Crippen molar-refractivity contribution in [1.82, 2.24) is 15.2 Å². The molecule has 1 aliphatic carbocycles. The number of halogens is 1. The molecule has 0 unspecified atom stereocenters. The average Bonchev–Trinajstić information content (AvgIpc) is 2.94. The molecule has 2 heterocycles. The standard InChI is InChI=1S/C15H18ClN5S2/c1-9-20-21-15(22-9)23-11-4-2-10(3-5-11)12-7-18-14(19-8-17)6-13(12)16/h6-8,10-11H,2-5H2,1H3,(H2,17,18,19). The summed E-state index contributed by atoms with van der Waals surface area (Å²) in [5.41, 5.74) is 6.41. The third kappa shape index (κ3) is 4.22. The van der Waals surface area contributed by atoms with Crippen molar-refractivity contribution >= 4 is 46.9 Å². The highest BCUT2D eigenvalue weighted by Gasteiger charge is 2.25. The van der Waals surface area contributed by atoms with Crippen LogP contribution in [0.2, 0.25) is 5.02 Å². The lowest BCUT2D eigenvalue weighted by molar-refractivity contribution is 0.452. The van der Waals surface area contributed by atoms with Crippen LogP contribution in [0.3, 0.4) is 0 Å². The van der Waals surface area contributed by atoms with Crippen molar-refractivity contribution in [2.75, 3.05) is 0 Å². The topological polar surface area (TPSA) is 77.0 Å². The number of rotatable bonds is 4. The van der Waals surface area contributed by atoms with Crippen LogP contribution >= 0.6 is 34.7 Å². The van der Waals surface area contributed by atoms with Gasteiger partial charge < -0.3 is 5.73 Å². The number of pyridine rings is 1. The van der Waals surface area contributed by atoms with E-state index in [1.165, 1.54) is 6.34 Å². The van der Waals surface area contributed by atoms with Crippen molar-refractivity contribution in [3.05, 3.63) is 27.9 Å². The highest BCUT2D eigenvalue weighted by molar-refractivity contribution is 8.01. The van der Waals surface area contributed by atoms with Crippen LogP contribution in [0.5, 0.6) is 0 Å². The molecule has 0 aromatic carbocycles. The minimum Gasteiger partial charge on any atom is -0.390 e. The van der Waals surface area contributed by atoms with Crippen LogP contribution in [-0.2, 0) is 0 Å². The van der Waals surface area contributed by atoms with Crippen LogP contribution in [0.4, 0.5) is 5.82 Å². The fourth-order valence-corrected chi connectivity index (χ4v) is 5.40. The van der Waals surface area contributed by atoms with Crippen molar-refractivity contribution in [1.29, 1.82) is 0 Å². The molecule has 2 N–H and O–H groups in total. The van der Waals surface area contributed by atoms with E-state index < -0.39 is 0 Å². The fourth-order valence-electron chi connectivity index (χ4n) is 2.84. The van der Waals surface area contributed by atoms with E-state index >= 15 is 0 Å². The Morgan fingerprint density at radius 3 is 2.74 bits per heavy atom. The summed E-state index contributed by atoms with van der Waals surface area (Å²) in [4.78, 5) is 8.27. The normalized spacial score (nSPS) is 21.8. The van der Waals surface area contributed by atoms with Gasteiger partial charge in [0.25, 0.3) is 0 Å². The Kier molecular flexibility index (Phi) is 5.50. The van der Waals surface area contributed by atoms with Gasteiger partial charge in [0.2, 0.25) is 0 Å². The molecule has 1 aliphatic rings. The molecule has 0 atom stereocenters. The monoisotopic (exact) mass is 367 g/mol. The van der Waals surface area contributed by atoms with Gasteiger partial charge in [-0.3, -0.25) is 0 Å². The van der Waals surface area contributed by atoms with Gasteiger partial charge in [-0.2, -0.15) is 0 Å². The van der Waals surface area contributed by atoms with Gasteiger partial charge in [-0.1, -0.05) is 34.7 Å². The molecule has 0 spiro atoms. The van der Waals surface area contributed by atoms with Crippen LogP contribution < -0.4 is 5.73 Å². The zero-order chi connectivity index (χ0) is 16.2. The SMILES string of the molecule is Cc1nnc(SC2CCC(c3cnc(N=CN)cc3Cl)CC2)s1. The molecule has 0 amide bonds.